The lowest BCUT2D eigenvalue weighted by atomic mass is 9.98. The van der Waals surface area contributed by atoms with Crippen LogP contribution >= 0.6 is 12.6 Å². The summed E-state index contributed by atoms with van der Waals surface area (Å²) in [6.45, 7) is -2.17. The fourth-order valence-electron chi connectivity index (χ4n) is 3.44. The Balaban J connectivity index is 1.96. The van der Waals surface area contributed by atoms with E-state index in [1.165, 1.54) is 0 Å². The molecule has 2 heterocycles. The maximum Gasteiger partial charge on any atom is 0.217 e. The average molecular weight is 537 g/mol. The van der Waals surface area contributed by atoms with Crippen molar-refractivity contribution in [2.24, 2.45) is 0 Å². The molecule has 0 saturated carbocycles. The molecule has 0 spiro atoms. The first-order valence-electron chi connectivity index (χ1n) is 10.5. The summed E-state index contributed by atoms with van der Waals surface area (Å²) in [6.07, 6.45) is -24.8. The third kappa shape index (κ3) is 7.26. The molecule has 0 aliphatic carbocycles. The second-order valence-corrected chi connectivity index (χ2v) is 8.65. The van der Waals surface area contributed by atoms with Gasteiger partial charge in [0, 0.05) is 0 Å². The minimum atomic E-state index is -2.12. The minimum absolute atomic E-state index is 0.617. The SMILES string of the molecule is O=C(S)[C@H](O)[C@@H](O)[C@H](O)[C@H](O)CO[C@H]1O[C@H](CO[C@H]2O[C@H](CO)[C@@H](O)[C@H](O)[C@H]2O)[C@@H](O)[C@H](O)[C@H]1O. The summed E-state index contributed by atoms with van der Waals surface area (Å²) in [5.74, 6) is 0. The molecular weight excluding hydrogens is 504 g/mol. The Hall–Kier alpha value is -0.580. The number of carbonyl (C=O) groups excluding carboxylic acids is 1. The quantitative estimate of drug-likeness (QED) is 0.109. The van der Waals surface area contributed by atoms with Crippen LogP contribution in [0.5, 0.6) is 0 Å². The molecule has 17 heteroatoms. The lowest BCUT2D eigenvalue weighted by Gasteiger charge is -2.42. The molecule has 35 heavy (non-hydrogen) atoms. The van der Waals surface area contributed by atoms with Crippen LogP contribution in [0.2, 0.25) is 0 Å². The van der Waals surface area contributed by atoms with Crippen molar-refractivity contribution in [1.82, 2.24) is 0 Å². The number of hydrogen-bond donors (Lipinski definition) is 12. The van der Waals surface area contributed by atoms with Gasteiger partial charge in [-0.05, 0) is 0 Å². The summed E-state index contributed by atoms with van der Waals surface area (Å²) >= 11 is 3.30. The van der Waals surface area contributed by atoms with E-state index >= 15 is 0 Å². The Bertz CT molecular complexity index is 670. The van der Waals surface area contributed by atoms with Crippen LogP contribution < -0.4 is 0 Å². The van der Waals surface area contributed by atoms with Crippen molar-refractivity contribution in [3.63, 3.8) is 0 Å². The first kappa shape index (κ1) is 30.6. The molecular formula is C18H32O16S. The van der Waals surface area contributed by atoms with Crippen LogP contribution in [0, 0.1) is 0 Å². The van der Waals surface area contributed by atoms with Crippen LogP contribution in [-0.2, 0) is 23.7 Å². The number of carbonyl (C=O) groups is 1. The fraction of sp³-hybridized carbons (Fsp3) is 0.944. The topological polar surface area (TPSA) is 277 Å². The van der Waals surface area contributed by atoms with Crippen molar-refractivity contribution in [2.75, 3.05) is 19.8 Å². The van der Waals surface area contributed by atoms with Gasteiger partial charge in [-0.15, -0.1) is 12.6 Å². The summed E-state index contributed by atoms with van der Waals surface area (Å²) in [7, 11) is 0. The van der Waals surface area contributed by atoms with Gasteiger partial charge in [0.2, 0.25) is 5.12 Å². The molecule has 2 aliphatic heterocycles. The fourth-order valence-corrected chi connectivity index (χ4v) is 3.59. The lowest BCUT2D eigenvalue weighted by molar-refractivity contribution is -0.333. The summed E-state index contributed by atoms with van der Waals surface area (Å²) in [6, 6.07) is 0. The highest BCUT2D eigenvalue weighted by Crippen LogP contribution is 2.26. The minimum Gasteiger partial charge on any atom is -0.394 e. The Kier molecular flexibility index (Phi) is 11.6. The molecule has 0 aromatic carbocycles. The van der Waals surface area contributed by atoms with Gasteiger partial charge in [-0.2, -0.15) is 0 Å². The third-order valence-corrected chi connectivity index (χ3v) is 5.96. The van der Waals surface area contributed by atoms with Crippen molar-refractivity contribution < 1.29 is 79.9 Å². The van der Waals surface area contributed by atoms with Crippen LogP contribution in [0.4, 0.5) is 0 Å². The summed E-state index contributed by atoms with van der Waals surface area (Å²) in [5, 5.41) is 107. The van der Waals surface area contributed by atoms with Crippen LogP contribution in [0.15, 0.2) is 0 Å². The van der Waals surface area contributed by atoms with Gasteiger partial charge in [0.05, 0.1) is 19.8 Å². The predicted octanol–water partition coefficient (Wildman–Crippen LogP) is -7.47. The van der Waals surface area contributed by atoms with Crippen molar-refractivity contribution in [3.05, 3.63) is 0 Å². The van der Waals surface area contributed by atoms with Gasteiger partial charge in [0.1, 0.15) is 67.1 Å². The summed E-state index contributed by atoms with van der Waals surface area (Å²) < 4.78 is 20.8. The highest BCUT2D eigenvalue weighted by Gasteiger charge is 2.47. The largest absolute Gasteiger partial charge is 0.394 e. The normalized spacial score (nSPS) is 41.7. The van der Waals surface area contributed by atoms with E-state index in [9.17, 15) is 61.0 Å². The first-order chi connectivity index (χ1) is 16.3. The van der Waals surface area contributed by atoms with E-state index in [4.69, 9.17) is 18.9 Å². The van der Waals surface area contributed by atoms with Crippen molar-refractivity contribution in [1.29, 1.82) is 0 Å². The van der Waals surface area contributed by atoms with E-state index < -0.39 is 111 Å². The molecule has 2 fully saturated rings. The van der Waals surface area contributed by atoms with Crippen LogP contribution in [0.1, 0.15) is 0 Å². The smallest absolute Gasteiger partial charge is 0.217 e. The second kappa shape index (κ2) is 13.3. The number of hydrogen-bond acceptors (Lipinski definition) is 16. The molecule has 206 valence electrons. The lowest BCUT2D eigenvalue weighted by Crippen LogP contribution is -2.62. The van der Waals surface area contributed by atoms with E-state index in [1.807, 2.05) is 0 Å². The summed E-state index contributed by atoms with van der Waals surface area (Å²) in [5.41, 5.74) is 0. The monoisotopic (exact) mass is 536 g/mol. The molecule has 0 amide bonds. The van der Waals surface area contributed by atoms with Gasteiger partial charge in [-0.25, -0.2) is 0 Å². The Morgan fingerprint density at radius 1 is 0.743 bits per heavy atom. The van der Waals surface area contributed by atoms with E-state index in [-0.39, 0.29) is 0 Å². The molecule has 11 N–H and O–H groups in total. The standard InChI is InChI=1S/C18H32O16S/c19-1-5-8(22)11(25)14(28)18(33-5)32-3-6-9(23)12(26)15(29)17(34-6)31-2-4(20)7(21)10(24)13(27)16(30)35/h4-15,17-29H,1-3H2,(H,30,35)/t4-,5-,6-,7-,8-,9-,10+,11+,12+,13-,14-,15-,17+,18+/m1/s1. The van der Waals surface area contributed by atoms with Gasteiger partial charge in [-0.3, -0.25) is 4.79 Å². The molecule has 0 bridgehead atoms. The van der Waals surface area contributed by atoms with Crippen molar-refractivity contribution in [2.45, 2.75) is 85.8 Å². The van der Waals surface area contributed by atoms with E-state index in [1.54, 1.807) is 0 Å². The molecule has 0 aromatic rings. The highest BCUT2D eigenvalue weighted by atomic mass is 32.1. The number of aliphatic hydroxyl groups is 11. The zero-order valence-electron chi connectivity index (χ0n) is 18.1. The van der Waals surface area contributed by atoms with Crippen molar-refractivity contribution in [3.8, 4) is 0 Å². The number of ether oxygens (including phenoxy) is 4. The molecule has 14 atom stereocenters. The molecule has 2 aliphatic rings. The van der Waals surface area contributed by atoms with Crippen LogP contribution in [-0.4, -0.2) is 167 Å². The second-order valence-electron chi connectivity index (χ2n) is 8.21. The molecule has 2 rings (SSSR count). The first-order valence-corrected chi connectivity index (χ1v) is 10.9. The maximum absolute atomic E-state index is 11.0. The average Bonchev–Trinajstić information content (AvgIpc) is 2.84. The van der Waals surface area contributed by atoms with E-state index in [0.29, 0.717) is 0 Å². The van der Waals surface area contributed by atoms with E-state index in [2.05, 4.69) is 12.6 Å². The van der Waals surface area contributed by atoms with Crippen molar-refractivity contribution >= 4 is 17.7 Å². The van der Waals surface area contributed by atoms with Gasteiger partial charge in [0.25, 0.3) is 0 Å². The number of aliphatic hydroxyl groups excluding tert-OH is 11. The highest BCUT2D eigenvalue weighted by molar-refractivity contribution is 7.96. The molecule has 0 radical (unpaired) electrons. The molecule has 0 unspecified atom stereocenters. The Morgan fingerprint density at radius 2 is 1.23 bits per heavy atom. The molecule has 2 saturated heterocycles. The van der Waals surface area contributed by atoms with E-state index in [0.717, 1.165) is 0 Å². The number of thiol groups is 1. The van der Waals surface area contributed by atoms with Crippen LogP contribution in [0.25, 0.3) is 0 Å². The predicted molar refractivity (Wildman–Crippen MR) is 110 cm³/mol. The van der Waals surface area contributed by atoms with Gasteiger partial charge < -0.3 is 75.1 Å². The summed E-state index contributed by atoms with van der Waals surface area (Å²) in [4.78, 5) is 11.0. The Labute approximate surface area is 203 Å². The third-order valence-electron chi connectivity index (χ3n) is 5.69. The zero-order chi connectivity index (χ0) is 26.6. The van der Waals surface area contributed by atoms with Crippen LogP contribution in [0.3, 0.4) is 0 Å². The molecule has 0 aromatic heterocycles. The zero-order valence-corrected chi connectivity index (χ0v) is 19.0. The van der Waals surface area contributed by atoms with Gasteiger partial charge in [-0.1, -0.05) is 0 Å². The number of rotatable bonds is 11. The maximum atomic E-state index is 11.0. The Morgan fingerprint density at radius 3 is 1.74 bits per heavy atom. The van der Waals surface area contributed by atoms with Gasteiger partial charge >= 0.3 is 0 Å². The molecule has 16 nitrogen and oxygen atoms in total. The van der Waals surface area contributed by atoms with Gasteiger partial charge in [0.15, 0.2) is 18.7 Å².